The predicted molar refractivity (Wildman–Crippen MR) is 109 cm³/mol. The van der Waals surface area contributed by atoms with Crippen molar-refractivity contribution >= 4 is 17.1 Å². The Bertz CT molecular complexity index is 945. The number of fused-ring (bicyclic) bond motifs is 1. The number of rotatable bonds is 7. The molecule has 4 heterocycles. The zero-order chi connectivity index (χ0) is 20.2. The van der Waals surface area contributed by atoms with E-state index in [-0.39, 0.29) is 11.9 Å². The number of aromatic nitrogens is 3. The van der Waals surface area contributed by atoms with Gasteiger partial charge in [-0.15, -0.1) is 0 Å². The molecule has 0 bridgehead atoms. The lowest BCUT2D eigenvalue weighted by atomic mass is 10.2. The molecule has 3 aromatic heterocycles. The number of hydrogen-bond donors (Lipinski definition) is 0. The fraction of sp³-hybridized carbons (Fsp3) is 0.476. The quantitative estimate of drug-likeness (QED) is 0.610. The number of nitrogens with zero attached hydrogens (tertiary/aromatic N) is 5. The minimum atomic E-state index is -0.0665. The van der Waals surface area contributed by atoms with Gasteiger partial charge in [0.25, 0.3) is 5.91 Å². The van der Waals surface area contributed by atoms with E-state index in [4.69, 9.17) is 9.15 Å². The molecule has 0 unspecified atom stereocenters. The number of furan rings is 1. The molecule has 0 radical (unpaired) electrons. The smallest absolute Gasteiger partial charge is 0.255 e. The summed E-state index contributed by atoms with van der Waals surface area (Å²) in [5.74, 6) is 0.696. The van der Waals surface area contributed by atoms with Crippen molar-refractivity contribution in [3.63, 3.8) is 0 Å². The molecule has 1 aliphatic rings. The van der Waals surface area contributed by atoms with Crippen LogP contribution in [-0.4, -0.2) is 69.6 Å². The van der Waals surface area contributed by atoms with E-state index in [1.165, 1.54) is 0 Å². The Morgan fingerprint density at radius 1 is 1.28 bits per heavy atom. The SMILES string of the molecule is CC(C)n1cnc2cc(C(=O)N(CCN3CCOCC3)Cc3ccco3)cnc21. The Hall–Kier alpha value is -2.71. The third-order valence-corrected chi connectivity index (χ3v) is 5.22. The van der Waals surface area contributed by atoms with Crippen LogP contribution >= 0.6 is 0 Å². The van der Waals surface area contributed by atoms with E-state index in [2.05, 4.69) is 28.7 Å². The Kier molecular flexibility index (Phi) is 5.92. The van der Waals surface area contributed by atoms with Gasteiger partial charge in [-0.2, -0.15) is 0 Å². The third-order valence-electron chi connectivity index (χ3n) is 5.22. The van der Waals surface area contributed by atoms with Crippen LogP contribution in [0, 0.1) is 0 Å². The first kappa shape index (κ1) is 19.6. The van der Waals surface area contributed by atoms with E-state index in [9.17, 15) is 4.79 Å². The molecule has 0 saturated carbocycles. The fourth-order valence-corrected chi connectivity index (χ4v) is 3.53. The van der Waals surface area contributed by atoms with Gasteiger partial charge in [-0.05, 0) is 32.0 Å². The highest BCUT2D eigenvalue weighted by atomic mass is 16.5. The Balaban J connectivity index is 1.53. The van der Waals surface area contributed by atoms with Crippen molar-refractivity contribution in [1.82, 2.24) is 24.3 Å². The summed E-state index contributed by atoms with van der Waals surface area (Å²) < 4.78 is 12.9. The highest BCUT2D eigenvalue weighted by molar-refractivity contribution is 5.96. The maximum atomic E-state index is 13.3. The van der Waals surface area contributed by atoms with Gasteiger partial charge in [-0.25, -0.2) is 9.97 Å². The third kappa shape index (κ3) is 4.49. The second-order valence-corrected chi connectivity index (χ2v) is 7.57. The molecule has 0 aromatic carbocycles. The average molecular weight is 397 g/mol. The number of imidazole rings is 1. The topological polar surface area (TPSA) is 76.6 Å². The van der Waals surface area contributed by atoms with Crippen molar-refractivity contribution in [2.75, 3.05) is 39.4 Å². The number of pyridine rings is 1. The van der Waals surface area contributed by atoms with E-state index < -0.39 is 0 Å². The van der Waals surface area contributed by atoms with Crippen molar-refractivity contribution < 1.29 is 13.9 Å². The number of amides is 1. The van der Waals surface area contributed by atoms with Crippen LogP contribution in [0.25, 0.3) is 11.2 Å². The molecule has 0 aliphatic carbocycles. The standard InChI is InChI=1S/C21H27N5O3/c1-16(2)26-15-23-19-12-17(13-22-20(19)26)21(27)25(14-18-4-3-9-29-18)6-5-24-7-10-28-11-8-24/h3-4,9,12-13,15-16H,5-8,10-11,14H2,1-2H3. The normalized spacial score (nSPS) is 15.3. The molecule has 4 rings (SSSR count). The molecule has 8 heteroatoms. The van der Waals surface area contributed by atoms with Crippen LogP contribution in [0.1, 0.15) is 36.0 Å². The van der Waals surface area contributed by atoms with Crippen molar-refractivity contribution in [2.45, 2.75) is 26.4 Å². The minimum Gasteiger partial charge on any atom is -0.467 e. The second-order valence-electron chi connectivity index (χ2n) is 7.57. The molecular weight excluding hydrogens is 370 g/mol. The zero-order valence-electron chi connectivity index (χ0n) is 17.0. The van der Waals surface area contributed by atoms with Crippen LogP contribution in [0.2, 0.25) is 0 Å². The first-order valence-corrected chi connectivity index (χ1v) is 10.1. The molecular formula is C21H27N5O3. The maximum Gasteiger partial charge on any atom is 0.255 e. The van der Waals surface area contributed by atoms with Crippen LogP contribution in [0.5, 0.6) is 0 Å². The Labute approximate surface area is 170 Å². The summed E-state index contributed by atoms with van der Waals surface area (Å²) in [6.45, 7) is 9.26. The molecule has 1 fully saturated rings. The van der Waals surface area contributed by atoms with Crippen molar-refractivity contribution in [3.05, 3.63) is 48.3 Å². The van der Waals surface area contributed by atoms with Crippen molar-refractivity contribution in [2.24, 2.45) is 0 Å². The molecule has 1 saturated heterocycles. The van der Waals surface area contributed by atoms with Gasteiger partial charge in [-0.1, -0.05) is 0 Å². The predicted octanol–water partition coefficient (Wildman–Crippen LogP) is 2.58. The van der Waals surface area contributed by atoms with Crippen LogP contribution in [0.4, 0.5) is 0 Å². The number of morpholine rings is 1. The lowest BCUT2D eigenvalue weighted by Crippen LogP contribution is -2.42. The highest BCUT2D eigenvalue weighted by Crippen LogP contribution is 2.18. The molecule has 154 valence electrons. The number of ether oxygens (including phenoxy) is 1. The van der Waals surface area contributed by atoms with Crippen LogP contribution in [0.15, 0.2) is 41.4 Å². The van der Waals surface area contributed by atoms with Gasteiger partial charge in [0.05, 0.1) is 37.9 Å². The number of hydrogen-bond acceptors (Lipinski definition) is 6. The van der Waals surface area contributed by atoms with Gasteiger partial charge in [0, 0.05) is 38.4 Å². The second kappa shape index (κ2) is 8.75. The number of carbonyl (C=O) groups excluding carboxylic acids is 1. The van der Waals surface area contributed by atoms with Gasteiger partial charge in [0.1, 0.15) is 11.3 Å². The van der Waals surface area contributed by atoms with Gasteiger partial charge in [-0.3, -0.25) is 9.69 Å². The van der Waals surface area contributed by atoms with Gasteiger partial charge >= 0.3 is 0 Å². The largest absolute Gasteiger partial charge is 0.467 e. The highest BCUT2D eigenvalue weighted by Gasteiger charge is 2.21. The maximum absolute atomic E-state index is 13.3. The van der Waals surface area contributed by atoms with Crippen LogP contribution in [-0.2, 0) is 11.3 Å². The summed E-state index contributed by atoms with van der Waals surface area (Å²) in [6.07, 6.45) is 5.05. The summed E-state index contributed by atoms with van der Waals surface area (Å²) in [7, 11) is 0. The van der Waals surface area contributed by atoms with E-state index in [0.717, 1.165) is 49.8 Å². The molecule has 0 atom stereocenters. The molecule has 3 aromatic rings. The lowest BCUT2D eigenvalue weighted by Gasteiger charge is -2.29. The molecule has 1 amide bonds. The van der Waals surface area contributed by atoms with Gasteiger partial charge < -0.3 is 18.6 Å². The van der Waals surface area contributed by atoms with Crippen LogP contribution < -0.4 is 0 Å². The summed E-state index contributed by atoms with van der Waals surface area (Å²) in [5, 5.41) is 0. The van der Waals surface area contributed by atoms with Gasteiger partial charge in [0.15, 0.2) is 5.65 Å². The molecule has 1 aliphatic heterocycles. The summed E-state index contributed by atoms with van der Waals surface area (Å²) in [5.41, 5.74) is 2.07. The summed E-state index contributed by atoms with van der Waals surface area (Å²) >= 11 is 0. The lowest BCUT2D eigenvalue weighted by molar-refractivity contribution is 0.0316. The molecule has 29 heavy (non-hydrogen) atoms. The van der Waals surface area contributed by atoms with E-state index in [0.29, 0.717) is 18.7 Å². The average Bonchev–Trinajstić information content (AvgIpc) is 3.40. The number of carbonyl (C=O) groups is 1. The van der Waals surface area contributed by atoms with Crippen LogP contribution in [0.3, 0.4) is 0 Å². The van der Waals surface area contributed by atoms with Crippen molar-refractivity contribution in [3.8, 4) is 0 Å². The van der Waals surface area contributed by atoms with E-state index in [1.54, 1.807) is 18.8 Å². The monoisotopic (exact) mass is 397 g/mol. The van der Waals surface area contributed by atoms with Gasteiger partial charge in [0.2, 0.25) is 0 Å². The fourth-order valence-electron chi connectivity index (χ4n) is 3.53. The molecule has 0 spiro atoms. The minimum absolute atomic E-state index is 0.0665. The summed E-state index contributed by atoms with van der Waals surface area (Å²) in [4.78, 5) is 26.4. The summed E-state index contributed by atoms with van der Waals surface area (Å²) in [6, 6.07) is 5.82. The Morgan fingerprint density at radius 3 is 2.83 bits per heavy atom. The van der Waals surface area contributed by atoms with E-state index in [1.807, 2.05) is 27.7 Å². The molecule has 8 nitrogen and oxygen atoms in total. The molecule has 0 N–H and O–H groups in total. The Morgan fingerprint density at radius 2 is 2.10 bits per heavy atom. The van der Waals surface area contributed by atoms with E-state index >= 15 is 0 Å². The zero-order valence-corrected chi connectivity index (χ0v) is 17.0. The van der Waals surface area contributed by atoms with Crippen molar-refractivity contribution in [1.29, 1.82) is 0 Å². The first-order valence-electron chi connectivity index (χ1n) is 10.1. The first-order chi connectivity index (χ1) is 14.1.